The smallest absolute Gasteiger partial charge is 0.205 e. The molecule has 0 fully saturated rings. The van der Waals surface area contributed by atoms with E-state index in [2.05, 4.69) is 28.4 Å². The monoisotopic (exact) mass is 382 g/mol. The number of benzene rings is 2. The molecule has 1 N–H and O–H groups in total. The van der Waals surface area contributed by atoms with Crippen molar-refractivity contribution in [2.45, 2.75) is 18.2 Å². The van der Waals surface area contributed by atoms with Gasteiger partial charge in [0.15, 0.2) is 11.5 Å². The lowest BCUT2D eigenvalue weighted by Gasteiger charge is -2.22. The zero-order chi connectivity index (χ0) is 18.1. The molecule has 0 saturated carbocycles. The van der Waals surface area contributed by atoms with Crippen LogP contribution < -0.4 is 9.47 Å². The van der Waals surface area contributed by atoms with Crippen LogP contribution in [0, 0.1) is 4.64 Å². The second-order valence-corrected chi connectivity index (χ2v) is 7.15. The number of aromatic nitrogens is 2. The number of thioether (sulfide) groups is 1. The molecule has 0 aliphatic carbocycles. The molecule has 0 spiro atoms. The second-order valence-electron chi connectivity index (χ2n) is 5.88. The SMILES string of the molecule is CCOc1cccc2c1Oc1[nH]c(-c3ccc(SC)cc3)nc(=S)c1C2. The summed E-state index contributed by atoms with van der Waals surface area (Å²) in [6.07, 6.45) is 2.74. The van der Waals surface area contributed by atoms with Crippen LogP contribution in [0.3, 0.4) is 0 Å². The Morgan fingerprint density at radius 2 is 2.04 bits per heavy atom. The largest absolute Gasteiger partial charge is 0.490 e. The Balaban J connectivity index is 1.76. The molecular weight excluding hydrogens is 364 g/mol. The third-order valence-electron chi connectivity index (χ3n) is 4.27. The summed E-state index contributed by atoms with van der Waals surface area (Å²) in [4.78, 5) is 9.10. The van der Waals surface area contributed by atoms with Gasteiger partial charge in [-0.25, -0.2) is 4.98 Å². The zero-order valence-electron chi connectivity index (χ0n) is 14.5. The van der Waals surface area contributed by atoms with Gasteiger partial charge in [-0.05, 0) is 31.4 Å². The van der Waals surface area contributed by atoms with Gasteiger partial charge >= 0.3 is 0 Å². The van der Waals surface area contributed by atoms with E-state index in [0.717, 1.165) is 28.2 Å². The fourth-order valence-electron chi connectivity index (χ4n) is 2.98. The van der Waals surface area contributed by atoms with Crippen molar-refractivity contribution in [3.05, 3.63) is 58.2 Å². The number of H-pyrrole nitrogens is 1. The van der Waals surface area contributed by atoms with Crippen molar-refractivity contribution in [1.29, 1.82) is 0 Å². The molecule has 2 heterocycles. The highest BCUT2D eigenvalue weighted by Gasteiger charge is 2.23. The second kappa shape index (κ2) is 7.13. The Kier molecular flexibility index (Phi) is 4.70. The average molecular weight is 383 g/mol. The Hall–Kier alpha value is -2.31. The normalized spacial score (nSPS) is 12.1. The first-order chi connectivity index (χ1) is 12.7. The van der Waals surface area contributed by atoms with E-state index in [9.17, 15) is 0 Å². The molecule has 26 heavy (non-hydrogen) atoms. The molecule has 1 aliphatic heterocycles. The minimum Gasteiger partial charge on any atom is -0.490 e. The molecule has 132 valence electrons. The standard InChI is InChI=1S/C20H18N2O2S2/c1-3-23-16-6-4-5-13-11-15-19(24-17(13)16)21-18(22-20(15)25)12-7-9-14(26-2)10-8-12/h4-10H,3,11H2,1-2H3,(H,21,22,25). The maximum Gasteiger partial charge on any atom is 0.205 e. The van der Waals surface area contributed by atoms with E-state index in [1.165, 1.54) is 4.90 Å². The van der Waals surface area contributed by atoms with Gasteiger partial charge in [-0.2, -0.15) is 0 Å². The van der Waals surface area contributed by atoms with Gasteiger partial charge < -0.3 is 14.5 Å². The topological polar surface area (TPSA) is 47.1 Å². The van der Waals surface area contributed by atoms with Crippen LogP contribution in [0.2, 0.25) is 0 Å². The lowest BCUT2D eigenvalue weighted by molar-refractivity contribution is 0.315. The van der Waals surface area contributed by atoms with Crippen LogP contribution in [-0.2, 0) is 6.42 Å². The van der Waals surface area contributed by atoms with Gasteiger partial charge in [0.2, 0.25) is 5.88 Å². The van der Waals surface area contributed by atoms with Gasteiger partial charge in [0.05, 0.1) is 12.2 Å². The molecule has 0 atom stereocenters. The Morgan fingerprint density at radius 3 is 2.77 bits per heavy atom. The number of para-hydroxylation sites is 1. The fraction of sp³-hybridized carbons (Fsp3) is 0.200. The lowest BCUT2D eigenvalue weighted by Crippen LogP contribution is -2.09. The van der Waals surface area contributed by atoms with Crippen molar-refractivity contribution in [2.75, 3.05) is 12.9 Å². The van der Waals surface area contributed by atoms with Crippen LogP contribution in [0.15, 0.2) is 47.4 Å². The van der Waals surface area contributed by atoms with E-state index in [4.69, 9.17) is 21.7 Å². The predicted octanol–water partition coefficient (Wildman–Crippen LogP) is 5.62. The van der Waals surface area contributed by atoms with Crippen LogP contribution in [0.5, 0.6) is 17.4 Å². The third-order valence-corrected chi connectivity index (χ3v) is 5.35. The van der Waals surface area contributed by atoms with Crippen LogP contribution in [-0.4, -0.2) is 22.8 Å². The van der Waals surface area contributed by atoms with Gasteiger partial charge in [0.25, 0.3) is 0 Å². The minimum absolute atomic E-state index is 0.565. The van der Waals surface area contributed by atoms with Crippen LogP contribution in [0.1, 0.15) is 18.1 Å². The fourth-order valence-corrected chi connectivity index (χ4v) is 3.65. The zero-order valence-corrected chi connectivity index (χ0v) is 16.2. The Morgan fingerprint density at radius 1 is 1.23 bits per heavy atom. The number of aromatic amines is 1. The van der Waals surface area contributed by atoms with Crippen molar-refractivity contribution >= 4 is 24.0 Å². The van der Waals surface area contributed by atoms with E-state index in [-0.39, 0.29) is 0 Å². The number of rotatable bonds is 4. The molecule has 4 rings (SSSR count). The number of fused-ring (bicyclic) bond motifs is 2. The average Bonchev–Trinajstić information content (AvgIpc) is 2.67. The van der Waals surface area contributed by atoms with E-state index in [0.29, 0.717) is 29.4 Å². The van der Waals surface area contributed by atoms with Crippen LogP contribution >= 0.6 is 24.0 Å². The first kappa shape index (κ1) is 17.1. The molecule has 0 unspecified atom stereocenters. The maximum atomic E-state index is 6.16. The molecule has 1 aromatic heterocycles. The van der Waals surface area contributed by atoms with Crippen molar-refractivity contribution in [1.82, 2.24) is 9.97 Å². The summed E-state index contributed by atoms with van der Waals surface area (Å²) in [6, 6.07) is 14.1. The summed E-state index contributed by atoms with van der Waals surface area (Å²) in [5, 5.41) is 0. The first-order valence-electron chi connectivity index (χ1n) is 8.39. The summed E-state index contributed by atoms with van der Waals surface area (Å²) in [5.41, 5.74) is 2.94. The highest BCUT2D eigenvalue weighted by molar-refractivity contribution is 7.98. The first-order valence-corrected chi connectivity index (χ1v) is 10.0. The molecule has 0 radical (unpaired) electrons. The molecule has 0 bridgehead atoms. The molecule has 2 aromatic carbocycles. The van der Waals surface area contributed by atoms with Gasteiger partial charge in [0.1, 0.15) is 10.5 Å². The quantitative estimate of drug-likeness (QED) is 0.366. The lowest BCUT2D eigenvalue weighted by atomic mass is 10.0. The Bertz CT molecular complexity index is 1010. The number of ether oxygens (including phenoxy) is 2. The number of hydrogen-bond acceptors (Lipinski definition) is 5. The van der Waals surface area contributed by atoms with Gasteiger partial charge in [-0.3, -0.25) is 0 Å². The summed E-state index contributed by atoms with van der Waals surface area (Å²) < 4.78 is 12.4. The maximum absolute atomic E-state index is 6.16. The van der Waals surface area contributed by atoms with Crippen LogP contribution in [0.4, 0.5) is 0 Å². The molecule has 0 saturated heterocycles. The predicted molar refractivity (Wildman–Crippen MR) is 107 cm³/mol. The van der Waals surface area contributed by atoms with Crippen molar-refractivity contribution < 1.29 is 9.47 Å². The summed E-state index contributed by atoms with van der Waals surface area (Å²) in [6.45, 7) is 2.55. The van der Waals surface area contributed by atoms with Crippen molar-refractivity contribution in [3.8, 4) is 28.8 Å². The molecule has 3 aromatic rings. The van der Waals surface area contributed by atoms with Crippen molar-refractivity contribution in [3.63, 3.8) is 0 Å². The Labute approximate surface area is 161 Å². The van der Waals surface area contributed by atoms with Gasteiger partial charge in [-0.15, -0.1) is 11.8 Å². The van der Waals surface area contributed by atoms with Gasteiger partial charge in [0, 0.05) is 22.4 Å². The van der Waals surface area contributed by atoms with E-state index >= 15 is 0 Å². The molecule has 6 heteroatoms. The number of nitrogens with one attached hydrogen (secondary N) is 1. The minimum atomic E-state index is 0.565. The summed E-state index contributed by atoms with van der Waals surface area (Å²) in [7, 11) is 0. The third kappa shape index (κ3) is 3.10. The van der Waals surface area contributed by atoms with E-state index in [1.807, 2.05) is 37.3 Å². The molecule has 0 amide bonds. The summed E-state index contributed by atoms with van der Waals surface area (Å²) >= 11 is 7.25. The summed E-state index contributed by atoms with van der Waals surface area (Å²) in [5.74, 6) is 2.85. The number of nitrogens with zero attached hydrogens (tertiary/aromatic N) is 1. The van der Waals surface area contributed by atoms with Crippen LogP contribution in [0.25, 0.3) is 11.4 Å². The molecule has 4 nitrogen and oxygen atoms in total. The number of hydrogen-bond donors (Lipinski definition) is 1. The molecular formula is C20H18N2O2S2. The van der Waals surface area contributed by atoms with E-state index in [1.54, 1.807) is 11.8 Å². The highest BCUT2D eigenvalue weighted by atomic mass is 32.2. The van der Waals surface area contributed by atoms with E-state index < -0.39 is 0 Å². The molecule has 1 aliphatic rings. The van der Waals surface area contributed by atoms with Gasteiger partial charge in [-0.1, -0.05) is 36.5 Å². The van der Waals surface area contributed by atoms with Crippen molar-refractivity contribution in [2.24, 2.45) is 0 Å². The highest BCUT2D eigenvalue weighted by Crippen LogP contribution is 2.42.